The summed E-state index contributed by atoms with van der Waals surface area (Å²) >= 11 is 1.60. The summed E-state index contributed by atoms with van der Waals surface area (Å²) in [6.45, 7) is 1.17. The fraction of sp³-hybridized carbons (Fsp3) is 0.278. The minimum Gasteiger partial charge on any atom is -0.488 e. The third-order valence-electron chi connectivity index (χ3n) is 4.28. The minimum atomic E-state index is -0.453. The zero-order valence-electron chi connectivity index (χ0n) is 13.9. The van der Waals surface area contributed by atoms with Crippen molar-refractivity contribution in [1.82, 2.24) is 9.97 Å². The second-order valence-electron chi connectivity index (χ2n) is 6.02. The summed E-state index contributed by atoms with van der Waals surface area (Å²) in [5.41, 5.74) is 6.65. The molecule has 2 aromatic heterocycles. The number of carbonyl (C=O) groups excluding carboxylic acids is 1. The molecule has 3 aromatic rings. The first-order valence-electron chi connectivity index (χ1n) is 8.30. The van der Waals surface area contributed by atoms with Gasteiger partial charge in [0, 0.05) is 12.0 Å². The highest BCUT2D eigenvalue weighted by atomic mass is 32.1. The van der Waals surface area contributed by atoms with E-state index >= 15 is 0 Å². The zero-order chi connectivity index (χ0) is 17.9. The van der Waals surface area contributed by atoms with Crippen molar-refractivity contribution in [1.29, 1.82) is 0 Å². The summed E-state index contributed by atoms with van der Waals surface area (Å²) in [5, 5.41) is 5.44. The van der Waals surface area contributed by atoms with Crippen LogP contribution in [0, 0.1) is 0 Å². The number of ether oxygens (including phenoxy) is 2. The van der Waals surface area contributed by atoms with Crippen molar-refractivity contribution < 1.29 is 14.3 Å². The Morgan fingerprint density at radius 1 is 1.27 bits per heavy atom. The lowest BCUT2D eigenvalue weighted by Crippen LogP contribution is -2.45. The molecule has 0 saturated carbocycles. The quantitative estimate of drug-likeness (QED) is 0.716. The molecule has 7 nitrogen and oxygen atoms in total. The number of carbonyl (C=O) groups is 1. The molecule has 1 saturated heterocycles. The fourth-order valence-corrected chi connectivity index (χ4v) is 3.73. The molecule has 1 aromatic carbocycles. The molecule has 4 rings (SSSR count). The van der Waals surface area contributed by atoms with Gasteiger partial charge in [0.2, 0.25) is 5.91 Å². The van der Waals surface area contributed by atoms with Gasteiger partial charge < -0.3 is 20.5 Å². The average Bonchev–Trinajstić information content (AvgIpc) is 3.14. The number of hydrogen-bond donors (Lipinski definition) is 2. The normalized spacial score (nSPS) is 20.0. The lowest BCUT2D eigenvalue weighted by atomic mass is 10.1. The second-order valence-corrected chi connectivity index (χ2v) is 6.93. The van der Waals surface area contributed by atoms with Crippen molar-refractivity contribution in [2.75, 3.05) is 18.5 Å². The van der Waals surface area contributed by atoms with Crippen LogP contribution in [0.1, 0.15) is 16.8 Å². The molecule has 134 valence electrons. The fourth-order valence-electron chi connectivity index (χ4n) is 2.93. The van der Waals surface area contributed by atoms with Gasteiger partial charge in [-0.25, -0.2) is 9.97 Å². The summed E-state index contributed by atoms with van der Waals surface area (Å²) in [4.78, 5) is 19.8. The SMILES string of the molecule is NC(=O)c1ccc(O[C@@H]2CCOC[C@H]2Nc2ncnc3ccsc23)cc1. The Balaban J connectivity index is 1.51. The van der Waals surface area contributed by atoms with Crippen LogP contribution in [0.25, 0.3) is 10.2 Å². The number of amides is 1. The molecule has 0 spiro atoms. The maximum atomic E-state index is 11.2. The molecule has 3 N–H and O–H groups in total. The molecule has 0 unspecified atom stereocenters. The first kappa shape index (κ1) is 16.7. The minimum absolute atomic E-state index is 0.0419. The van der Waals surface area contributed by atoms with Crippen LogP contribution in [0.5, 0.6) is 5.75 Å². The molecule has 1 fully saturated rings. The van der Waals surface area contributed by atoms with Crippen molar-refractivity contribution in [3.05, 3.63) is 47.6 Å². The van der Waals surface area contributed by atoms with Crippen molar-refractivity contribution >= 4 is 33.3 Å². The molecule has 8 heteroatoms. The number of anilines is 1. The number of benzene rings is 1. The van der Waals surface area contributed by atoms with E-state index in [4.69, 9.17) is 15.2 Å². The average molecular weight is 370 g/mol. The summed E-state index contributed by atoms with van der Waals surface area (Å²) in [6.07, 6.45) is 2.24. The number of primary amides is 1. The Hall–Kier alpha value is -2.71. The van der Waals surface area contributed by atoms with Crippen molar-refractivity contribution in [2.45, 2.75) is 18.6 Å². The van der Waals surface area contributed by atoms with Gasteiger partial charge in [-0.05, 0) is 35.7 Å². The second kappa shape index (κ2) is 7.27. The van der Waals surface area contributed by atoms with Gasteiger partial charge in [-0.1, -0.05) is 0 Å². The van der Waals surface area contributed by atoms with Crippen LogP contribution in [0.4, 0.5) is 5.82 Å². The summed E-state index contributed by atoms with van der Waals surface area (Å²) < 4.78 is 12.8. The number of nitrogens with one attached hydrogen (secondary N) is 1. The predicted molar refractivity (Wildman–Crippen MR) is 99.6 cm³/mol. The molecular formula is C18H18N4O3S. The molecular weight excluding hydrogens is 352 g/mol. The van der Waals surface area contributed by atoms with Crippen LogP contribution in [0.15, 0.2) is 42.0 Å². The lowest BCUT2D eigenvalue weighted by Gasteiger charge is -2.32. The van der Waals surface area contributed by atoms with E-state index in [1.165, 1.54) is 0 Å². The van der Waals surface area contributed by atoms with Crippen LogP contribution in [0.3, 0.4) is 0 Å². The Morgan fingerprint density at radius 2 is 2.12 bits per heavy atom. The smallest absolute Gasteiger partial charge is 0.248 e. The summed E-state index contributed by atoms with van der Waals surface area (Å²) in [6, 6.07) is 8.78. The van der Waals surface area contributed by atoms with Crippen molar-refractivity contribution in [3.63, 3.8) is 0 Å². The molecule has 1 amide bonds. The van der Waals surface area contributed by atoms with Gasteiger partial charge in [0.05, 0.1) is 29.5 Å². The Morgan fingerprint density at radius 3 is 2.92 bits per heavy atom. The Labute approximate surface area is 154 Å². The largest absolute Gasteiger partial charge is 0.488 e. The van der Waals surface area contributed by atoms with Crippen LogP contribution < -0.4 is 15.8 Å². The summed E-state index contributed by atoms with van der Waals surface area (Å²) in [5.74, 6) is 1.03. The van der Waals surface area contributed by atoms with Gasteiger partial charge in [0.1, 0.15) is 24.0 Å². The van der Waals surface area contributed by atoms with E-state index in [0.29, 0.717) is 24.5 Å². The number of thiophene rings is 1. The standard InChI is InChI=1S/C18H18N4O3S/c19-17(23)11-1-3-12(4-2-11)25-15-5-7-24-9-14(15)22-18-16-13(6-8-26-16)20-10-21-18/h1-4,6,8,10,14-15H,5,7,9H2,(H2,19,23)(H,20,21,22)/t14-,15-/m1/s1. The zero-order valence-corrected chi connectivity index (χ0v) is 14.7. The van der Waals surface area contributed by atoms with Crippen LogP contribution in [-0.4, -0.2) is 41.2 Å². The third-order valence-corrected chi connectivity index (χ3v) is 5.19. The number of fused-ring (bicyclic) bond motifs is 1. The first-order chi connectivity index (χ1) is 12.7. The Kier molecular flexibility index (Phi) is 4.68. The van der Waals surface area contributed by atoms with Crippen molar-refractivity contribution in [2.24, 2.45) is 5.73 Å². The number of nitrogens with two attached hydrogens (primary N) is 1. The highest BCUT2D eigenvalue weighted by molar-refractivity contribution is 7.17. The highest BCUT2D eigenvalue weighted by Crippen LogP contribution is 2.27. The van der Waals surface area contributed by atoms with E-state index in [1.807, 2.05) is 11.4 Å². The van der Waals surface area contributed by atoms with Gasteiger partial charge in [0.25, 0.3) is 0 Å². The van der Waals surface area contributed by atoms with Gasteiger partial charge in [-0.15, -0.1) is 11.3 Å². The Bertz CT molecular complexity index is 912. The molecule has 0 bridgehead atoms. The van der Waals surface area contributed by atoms with Crippen molar-refractivity contribution in [3.8, 4) is 5.75 Å². The number of hydrogen-bond acceptors (Lipinski definition) is 7. The van der Waals surface area contributed by atoms with Crippen LogP contribution in [-0.2, 0) is 4.74 Å². The van der Waals surface area contributed by atoms with Gasteiger partial charge >= 0.3 is 0 Å². The summed E-state index contributed by atoms with van der Waals surface area (Å²) in [7, 11) is 0. The van der Waals surface area contributed by atoms with Gasteiger partial charge in [-0.2, -0.15) is 0 Å². The molecule has 3 heterocycles. The third kappa shape index (κ3) is 3.47. The topological polar surface area (TPSA) is 99.4 Å². The number of nitrogens with zero attached hydrogens (tertiary/aromatic N) is 2. The van der Waals surface area contributed by atoms with Crippen LogP contribution in [0.2, 0.25) is 0 Å². The lowest BCUT2D eigenvalue weighted by molar-refractivity contribution is 0.0147. The predicted octanol–water partition coefficient (Wildman–Crippen LogP) is 2.44. The molecule has 0 radical (unpaired) electrons. The van der Waals surface area contributed by atoms with E-state index in [1.54, 1.807) is 41.9 Å². The van der Waals surface area contributed by atoms with E-state index in [2.05, 4.69) is 15.3 Å². The molecule has 1 aliphatic heterocycles. The monoisotopic (exact) mass is 370 g/mol. The van der Waals surface area contributed by atoms with Gasteiger partial charge in [0.15, 0.2) is 0 Å². The number of aromatic nitrogens is 2. The highest BCUT2D eigenvalue weighted by Gasteiger charge is 2.28. The first-order valence-corrected chi connectivity index (χ1v) is 9.17. The maximum absolute atomic E-state index is 11.2. The maximum Gasteiger partial charge on any atom is 0.248 e. The molecule has 0 aliphatic carbocycles. The van der Waals surface area contributed by atoms with Gasteiger partial charge in [-0.3, -0.25) is 4.79 Å². The molecule has 1 aliphatic rings. The van der Waals surface area contributed by atoms with E-state index in [-0.39, 0.29) is 12.1 Å². The van der Waals surface area contributed by atoms with Crippen LogP contribution >= 0.6 is 11.3 Å². The van der Waals surface area contributed by atoms with E-state index in [9.17, 15) is 4.79 Å². The number of rotatable bonds is 5. The van der Waals surface area contributed by atoms with E-state index in [0.717, 1.165) is 22.5 Å². The molecule has 26 heavy (non-hydrogen) atoms. The van der Waals surface area contributed by atoms with E-state index < -0.39 is 5.91 Å². The molecule has 2 atom stereocenters.